The molecule has 51 heavy (non-hydrogen) atoms. The van der Waals surface area contributed by atoms with Crippen molar-refractivity contribution in [2.45, 2.75) is 209 Å². The lowest BCUT2D eigenvalue weighted by atomic mass is 9.99. The van der Waals surface area contributed by atoms with E-state index in [0.717, 1.165) is 96.7 Å². The van der Waals surface area contributed by atoms with Crippen molar-refractivity contribution >= 4 is 12.1 Å². The third-order valence-corrected chi connectivity index (χ3v) is 9.99. The van der Waals surface area contributed by atoms with Gasteiger partial charge < -0.3 is 28.6 Å². The molecule has 0 heterocycles. The molecule has 0 saturated heterocycles. The van der Waals surface area contributed by atoms with E-state index in [0.29, 0.717) is 44.5 Å². The normalized spacial score (nSPS) is 12.4. The minimum Gasteiger partial charge on any atom is -0.466 e. The fourth-order valence-electron chi connectivity index (χ4n) is 6.84. The Balaban J connectivity index is 4.96. The van der Waals surface area contributed by atoms with Crippen LogP contribution in [-0.2, 0) is 28.5 Å². The van der Waals surface area contributed by atoms with Gasteiger partial charge in [-0.3, -0.25) is 4.79 Å². The first-order chi connectivity index (χ1) is 24.9. The van der Waals surface area contributed by atoms with Crippen molar-refractivity contribution in [1.82, 2.24) is 4.90 Å². The molecule has 0 rings (SSSR count). The lowest BCUT2D eigenvalue weighted by Gasteiger charge is -2.24. The van der Waals surface area contributed by atoms with Gasteiger partial charge in [0, 0.05) is 19.4 Å². The number of carbonyl (C=O) groups is 2. The predicted molar refractivity (Wildman–Crippen MR) is 212 cm³/mol. The molecule has 1 unspecified atom stereocenters. The summed E-state index contributed by atoms with van der Waals surface area (Å²) in [5.41, 5.74) is 0. The quantitative estimate of drug-likeness (QED) is 0.0353. The third-order valence-electron chi connectivity index (χ3n) is 9.99. The van der Waals surface area contributed by atoms with Crippen molar-refractivity contribution in [3.63, 3.8) is 0 Å². The van der Waals surface area contributed by atoms with Gasteiger partial charge in [-0.05, 0) is 69.9 Å². The summed E-state index contributed by atoms with van der Waals surface area (Å²) in [5, 5.41) is 0. The zero-order chi connectivity index (χ0) is 37.8. The second-order valence-corrected chi connectivity index (χ2v) is 14.7. The fraction of sp³-hybridized carbons (Fsp3) is 0.953. The molecule has 0 radical (unpaired) electrons. The highest BCUT2D eigenvalue weighted by Gasteiger charge is 2.20. The van der Waals surface area contributed by atoms with Crippen LogP contribution >= 0.6 is 0 Å². The minimum atomic E-state index is -0.621. The minimum absolute atomic E-state index is 0.215. The van der Waals surface area contributed by atoms with Crippen LogP contribution in [0.2, 0.25) is 0 Å². The van der Waals surface area contributed by atoms with E-state index < -0.39 is 12.4 Å². The zero-order valence-corrected chi connectivity index (χ0v) is 34.8. The molecule has 0 aliphatic carbocycles. The molecule has 0 bridgehead atoms. The van der Waals surface area contributed by atoms with Gasteiger partial charge in [0.2, 0.25) is 0 Å². The van der Waals surface area contributed by atoms with Crippen molar-refractivity contribution in [2.24, 2.45) is 11.8 Å². The number of unbranched alkanes of at least 4 members (excludes halogenated alkanes) is 9. The van der Waals surface area contributed by atoms with Crippen LogP contribution < -0.4 is 0 Å². The number of nitrogens with zero attached hydrogens (tertiary/aromatic N) is 1. The van der Waals surface area contributed by atoms with Crippen LogP contribution in [0.1, 0.15) is 196 Å². The average Bonchev–Trinajstić information content (AvgIpc) is 3.12. The van der Waals surface area contributed by atoms with E-state index in [-0.39, 0.29) is 25.1 Å². The summed E-state index contributed by atoms with van der Waals surface area (Å²) in [6.07, 6.45) is 23.0. The first kappa shape index (κ1) is 49.6. The smallest absolute Gasteiger partial charge is 0.466 e. The average molecular weight is 728 g/mol. The van der Waals surface area contributed by atoms with Gasteiger partial charge in [-0.2, -0.15) is 0 Å². The van der Waals surface area contributed by atoms with E-state index in [2.05, 4.69) is 53.4 Å². The third kappa shape index (κ3) is 30.8. The first-order valence-corrected chi connectivity index (χ1v) is 21.8. The first-order valence-electron chi connectivity index (χ1n) is 21.8. The van der Waals surface area contributed by atoms with Crippen molar-refractivity contribution in [3.8, 4) is 0 Å². The van der Waals surface area contributed by atoms with E-state index in [1.165, 1.54) is 51.4 Å². The molecule has 8 nitrogen and oxygen atoms in total. The zero-order valence-electron chi connectivity index (χ0n) is 34.8. The molecule has 1 atom stereocenters. The molecular formula is C43H85NO7. The number of hydrogen-bond donors (Lipinski definition) is 0. The van der Waals surface area contributed by atoms with Gasteiger partial charge in [0.1, 0.15) is 6.10 Å². The summed E-state index contributed by atoms with van der Waals surface area (Å²) >= 11 is 0. The molecule has 0 aromatic carbocycles. The second-order valence-electron chi connectivity index (χ2n) is 14.7. The highest BCUT2D eigenvalue weighted by Crippen LogP contribution is 2.20. The molecule has 304 valence electrons. The Labute approximate surface area is 316 Å². The summed E-state index contributed by atoms with van der Waals surface area (Å²) in [7, 11) is 0. The summed E-state index contributed by atoms with van der Waals surface area (Å²) in [5.74, 6) is 0.768. The van der Waals surface area contributed by atoms with Crippen LogP contribution in [0.3, 0.4) is 0 Å². The summed E-state index contributed by atoms with van der Waals surface area (Å²) in [6, 6.07) is 0. The van der Waals surface area contributed by atoms with Crippen LogP contribution in [0, 0.1) is 11.8 Å². The molecule has 0 aliphatic heterocycles. The van der Waals surface area contributed by atoms with Crippen molar-refractivity contribution < 1.29 is 33.3 Å². The Morgan fingerprint density at radius 2 is 1.02 bits per heavy atom. The van der Waals surface area contributed by atoms with Gasteiger partial charge >= 0.3 is 12.1 Å². The van der Waals surface area contributed by atoms with E-state index in [1.54, 1.807) is 0 Å². The van der Waals surface area contributed by atoms with Crippen LogP contribution in [-0.4, -0.2) is 75.5 Å². The Kier molecular flexibility index (Phi) is 36.0. The number of rotatable bonds is 38. The molecule has 0 aromatic rings. The Morgan fingerprint density at radius 3 is 1.51 bits per heavy atom. The molecule has 0 N–H and O–H groups in total. The maximum absolute atomic E-state index is 12.9. The maximum atomic E-state index is 12.9. The van der Waals surface area contributed by atoms with Gasteiger partial charge in [0.15, 0.2) is 6.29 Å². The monoisotopic (exact) mass is 728 g/mol. The van der Waals surface area contributed by atoms with Crippen molar-refractivity contribution in [1.29, 1.82) is 0 Å². The standard InChI is InChI=1S/C43H85NO7/c1-8-15-16-17-18-19-20-21-22-23-29-40(51-43(46)48-34-24-33-44(13-6)14-7)32-35-47-41(45)30-31-42(49-36-38(25-9-2)26-10-3)50-37-39(27-11-4)28-12-5/h38-40,42H,8-37H2,1-7H3. The lowest BCUT2D eigenvalue weighted by molar-refractivity contribution is -0.169. The van der Waals surface area contributed by atoms with Crippen LogP contribution in [0.25, 0.3) is 0 Å². The molecule has 8 heteroatoms. The Bertz CT molecular complexity index is 731. The van der Waals surface area contributed by atoms with Crippen molar-refractivity contribution in [2.75, 3.05) is 46.1 Å². The largest absolute Gasteiger partial charge is 0.508 e. The molecule has 0 aromatic heterocycles. The molecule has 0 amide bonds. The van der Waals surface area contributed by atoms with Crippen LogP contribution in [0.15, 0.2) is 0 Å². The summed E-state index contributed by atoms with van der Waals surface area (Å²) in [4.78, 5) is 27.8. The van der Waals surface area contributed by atoms with Gasteiger partial charge in [0.25, 0.3) is 0 Å². The van der Waals surface area contributed by atoms with E-state index in [4.69, 9.17) is 23.7 Å². The van der Waals surface area contributed by atoms with Crippen molar-refractivity contribution in [3.05, 3.63) is 0 Å². The fourth-order valence-corrected chi connectivity index (χ4v) is 6.84. The number of ether oxygens (including phenoxy) is 5. The second kappa shape index (κ2) is 37.0. The maximum Gasteiger partial charge on any atom is 0.508 e. The number of carbonyl (C=O) groups excluding carboxylic acids is 2. The molecule has 0 aliphatic rings. The van der Waals surface area contributed by atoms with E-state index in [1.807, 2.05) is 0 Å². The topological polar surface area (TPSA) is 83.5 Å². The van der Waals surface area contributed by atoms with E-state index >= 15 is 0 Å². The molecular weight excluding hydrogens is 642 g/mol. The number of esters is 1. The molecule has 0 saturated carbocycles. The van der Waals surface area contributed by atoms with Gasteiger partial charge in [-0.1, -0.05) is 132 Å². The van der Waals surface area contributed by atoms with Gasteiger partial charge in [-0.25, -0.2) is 4.79 Å². The van der Waals surface area contributed by atoms with E-state index in [9.17, 15) is 9.59 Å². The van der Waals surface area contributed by atoms with Gasteiger partial charge in [0.05, 0.1) is 32.8 Å². The Hall–Kier alpha value is -1.38. The Morgan fingerprint density at radius 1 is 0.510 bits per heavy atom. The SMILES string of the molecule is CCCCCCCCCCCCC(CCOC(=O)CCC(OCC(CCC)CCC)OCC(CCC)CCC)OC(=O)OCCCN(CC)CC. The van der Waals surface area contributed by atoms with Gasteiger partial charge in [-0.15, -0.1) is 0 Å². The highest BCUT2D eigenvalue weighted by molar-refractivity contribution is 5.69. The predicted octanol–water partition coefficient (Wildman–Crippen LogP) is 12.1. The molecule has 0 spiro atoms. The molecule has 0 fully saturated rings. The summed E-state index contributed by atoms with van der Waals surface area (Å²) in [6.45, 7) is 20.2. The number of hydrogen-bond acceptors (Lipinski definition) is 8. The lowest BCUT2D eigenvalue weighted by Crippen LogP contribution is -2.26. The van der Waals surface area contributed by atoms with Crippen LogP contribution in [0.4, 0.5) is 4.79 Å². The van der Waals surface area contributed by atoms with Crippen LogP contribution in [0.5, 0.6) is 0 Å². The summed E-state index contributed by atoms with van der Waals surface area (Å²) < 4.78 is 29.5. The highest BCUT2D eigenvalue weighted by atomic mass is 16.7.